The molecule has 3 rings (SSSR count). The van der Waals surface area contributed by atoms with E-state index in [9.17, 15) is 0 Å². The smallest absolute Gasteiger partial charge is 0.0726 e. The van der Waals surface area contributed by atoms with Gasteiger partial charge < -0.3 is 10.1 Å². The van der Waals surface area contributed by atoms with Crippen LogP contribution in [0.3, 0.4) is 0 Å². The molecule has 0 bridgehead atoms. The van der Waals surface area contributed by atoms with E-state index >= 15 is 0 Å². The van der Waals surface area contributed by atoms with Gasteiger partial charge in [-0.1, -0.05) is 49.4 Å². The molecule has 1 N–H and O–H groups in total. The number of hydrogen-bond acceptors (Lipinski definition) is 2. The van der Waals surface area contributed by atoms with Crippen LogP contribution in [-0.2, 0) is 11.3 Å². The van der Waals surface area contributed by atoms with Crippen LogP contribution in [0, 0.1) is 0 Å². The minimum atomic E-state index is 0.430. The van der Waals surface area contributed by atoms with E-state index in [2.05, 4.69) is 54.7 Å². The summed E-state index contributed by atoms with van der Waals surface area (Å²) in [5.41, 5.74) is 1.31. The molecule has 0 atom stereocenters. The van der Waals surface area contributed by atoms with Crippen molar-refractivity contribution >= 4 is 10.8 Å². The highest BCUT2D eigenvalue weighted by atomic mass is 16.5. The van der Waals surface area contributed by atoms with Crippen molar-refractivity contribution in [3.63, 3.8) is 0 Å². The topological polar surface area (TPSA) is 21.3 Å². The fourth-order valence-electron chi connectivity index (χ4n) is 3.35. The lowest BCUT2D eigenvalue weighted by Crippen LogP contribution is -2.35. The van der Waals surface area contributed by atoms with Crippen molar-refractivity contribution in [2.24, 2.45) is 0 Å². The summed E-state index contributed by atoms with van der Waals surface area (Å²) < 4.78 is 6.18. The average Bonchev–Trinajstić information content (AvgIpc) is 2.54. The van der Waals surface area contributed by atoms with Gasteiger partial charge in [0.2, 0.25) is 0 Å². The Kier molecular flexibility index (Phi) is 4.89. The van der Waals surface area contributed by atoms with E-state index in [1.807, 2.05) is 0 Å². The lowest BCUT2D eigenvalue weighted by atomic mass is 9.93. The lowest BCUT2D eigenvalue weighted by Gasteiger charge is -2.29. The van der Waals surface area contributed by atoms with Gasteiger partial charge in [0.1, 0.15) is 0 Å². The van der Waals surface area contributed by atoms with Crippen LogP contribution in [0.5, 0.6) is 0 Å². The molecule has 1 fully saturated rings. The lowest BCUT2D eigenvalue weighted by molar-refractivity contribution is 0.0120. The highest BCUT2D eigenvalue weighted by molar-refractivity contribution is 5.85. The van der Waals surface area contributed by atoms with Crippen LogP contribution < -0.4 is 5.32 Å². The Morgan fingerprint density at radius 1 is 1.00 bits per heavy atom. The summed E-state index contributed by atoms with van der Waals surface area (Å²) in [6.45, 7) is 3.99. The maximum Gasteiger partial charge on any atom is 0.0726 e. The molecule has 2 aromatic rings. The highest BCUT2D eigenvalue weighted by Crippen LogP contribution is 2.24. The van der Waals surface area contributed by atoms with Crippen LogP contribution >= 0.6 is 0 Å². The second-order valence-corrected chi connectivity index (χ2v) is 5.98. The zero-order chi connectivity index (χ0) is 14.5. The molecule has 112 valence electrons. The van der Waals surface area contributed by atoms with Crippen molar-refractivity contribution in [3.05, 3.63) is 48.0 Å². The number of fused-ring (bicyclic) bond motifs is 1. The fourth-order valence-corrected chi connectivity index (χ4v) is 3.35. The van der Waals surface area contributed by atoms with E-state index in [0.717, 1.165) is 13.2 Å². The van der Waals surface area contributed by atoms with Gasteiger partial charge in [0.05, 0.1) is 12.7 Å². The minimum Gasteiger partial charge on any atom is -0.374 e. The molecule has 1 saturated carbocycles. The Morgan fingerprint density at radius 3 is 2.57 bits per heavy atom. The Morgan fingerprint density at radius 2 is 1.76 bits per heavy atom. The largest absolute Gasteiger partial charge is 0.374 e. The number of nitrogens with one attached hydrogen (secondary N) is 1. The number of benzene rings is 2. The first kappa shape index (κ1) is 14.6. The molecule has 0 aliphatic heterocycles. The predicted molar refractivity (Wildman–Crippen MR) is 88.5 cm³/mol. The van der Waals surface area contributed by atoms with Crippen molar-refractivity contribution in [2.45, 2.75) is 51.4 Å². The first-order chi connectivity index (χ1) is 10.4. The zero-order valence-corrected chi connectivity index (χ0v) is 12.8. The highest BCUT2D eigenvalue weighted by Gasteiger charge is 2.20. The van der Waals surface area contributed by atoms with Crippen LogP contribution in [0.4, 0.5) is 0 Å². The normalized spacial score (nSPS) is 22.5. The van der Waals surface area contributed by atoms with Crippen LogP contribution in [0.15, 0.2) is 42.5 Å². The van der Waals surface area contributed by atoms with E-state index in [-0.39, 0.29) is 0 Å². The third-order valence-corrected chi connectivity index (χ3v) is 4.52. The molecule has 0 spiro atoms. The van der Waals surface area contributed by atoms with Crippen molar-refractivity contribution in [1.29, 1.82) is 0 Å². The zero-order valence-electron chi connectivity index (χ0n) is 12.8. The summed E-state index contributed by atoms with van der Waals surface area (Å²) in [5.74, 6) is 0. The molecule has 0 amide bonds. The second-order valence-electron chi connectivity index (χ2n) is 5.98. The van der Waals surface area contributed by atoms with E-state index in [4.69, 9.17) is 4.74 Å². The fraction of sp³-hybridized carbons (Fsp3) is 0.474. The Hall–Kier alpha value is -1.38. The summed E-state index contributed by atoms with van der Waals surface area (Å²) in [6.07, 6.45) is 5.28. The van der Waals surface area contributed by atoms with E-state index in [1.54, 1.807) is 0 Å². The van der Waals surface area contributed by atoms with Gasteiger partial charge in [-0.25, -0.2) is 0 Å². The summed E-state index contributed by atoms with van der Waals surface area (Å²) in [4.78, 5) is 0. The third kappa shape index (κ3) is 3.63. The van der Waals surface area contributed by atoms with Crippen LogP contribution in [0.2, 0.25) is 0 Å². The van der Waals surface area contributed by atoms with Gasteiger partial charge in [0.15, 0.2) is 0 Å². The van der Waals surface area contributed by atoms with Crippen molar-refractivity contribution in [1.82, 2.24) is 5.32 Å². The molecular formula is C19H25NO. The molecule has 0 unspecified atom stereocenters. The standard InChI is InChI=1S/C19H25NO/c1-2-20-17-10-12-18(13-11-17)21-14-16-8-5-7-15-6-3-4-9-19(15)16/h3-9,17-18,20H,2,10-14H2,1H3. The Labute approximate surface area is 127 Å². The van der Waals surface area contributed by atoms with Crippen LogP contribution in [-0.4, -0.2) is 18.7 Å². The number of hydrogen-bond donors (Lipinski definition) is 1. The van der Waals surface area contributed by atoms with Crippen LogP contribution in [0.1, 0.15) is 38.2 Å². The molecule has 2 aromatic carbocycles. The molecule has 0 saturated heterocycles. The summed E-state index contributed by atoms with van der Waals surface area (Å²) in [5, 5.41) is 6.17. The van der Waals surface area contributed by atoms with Gasteiger partial charge in [0, 0.05) is 6.04 Å². The van der Waals surface area contributed by atoms with Gasteiger partial charge in [-0.15, -0.1) is 0 Å². The van der Waals surface area contributed by atoms with Crippen molar-refractivity contribution in [2.75, 3.05) is 6.54 Å². The van der Waals surface area contributed by atoms with Gasteiger partial charge in [0.25, 0.3) is 0 Å². The molecule has 21 heavy (non-hydrogen) atoms. The summed E-state index contributed by atoms with van der Waals surface area (Å²) in [6, 6.07) is 15.7. The first-order valence-corrected chi connectivity index (χ1v) is 8.18. The van der Waals surface area contributed by atoms with Gasteiger partial charge in [-0.05, 0) is 48.6 Å². The van der Waals surface area contributed by atoms with Crippen molar-refractivity contribution in [3.8, 4) is 0 Å². The SMILES string of the molecule is CCNC1CCC(OCc2cccc3ccccc23)CC1. The second kappa shape index (κ2) is 7.06. The van der Waals surface area contributed by atoms with E-state index < -0.39 is 0 Å². The number of rotatable bonds is 5. The quantitative estimate of drug-likeness (QED) is 0.884. The molecule has 2 nitrogen and oxygen atoms in total. The maximum absolute atomic E-state index is 6.18. The number of ether oxygens (including phenoxy) is 1. The Balaban J connectivity index is 1.58. The van der Waals surface area contributed by atoms with E-state index in [1.165, 1.54) is 42.0 Å². The molecule has 0 aromatic heterocycles. The summed E-state index contributed by atoms with van der Waals surface area (Å²) >= 11 is 0. The summed E-state index contributed by atoms with van der Waals surface area (Å²) in [7, 11) is 0. The van der Waals surface area contributed by atoms with Crippen molar-refractivity contribution < 1.29 is 4.74 Å². The van der Waals surface area contributed by atoms with Gasteiger partial charge in [-0.2, -0.15) is 0 Å². The van der Waals surface area contributed by atoms with Crippen LogP contribution in [0.25, 0.3) is 10.8 Å². The molecule has 2 heteroatoms. The Bertz CT molecular complexity index is 567. The third-order valence-electron chi connectivity index (χ3n) is 4.52. The maximum atomic E-state index is 6.18. The molecule has 1 aliphatic rings. The van der Waals surface area contributed by atoms with E-state index in [0.29, 0.717) is 12.1 Å². The molecule has 0 heterocycles. The average molecular weight is 283 g/mol. The van der Waals surface area contributed by atoms with Gasteiger partial charge in [-0.3, -0.25) is 0 Å². The molecule has 0 radical (unpaired) electrons. The molecule has 1 aliphatic carbocycles. The monoisotopic (exact) mass is 283 g/mol. The molecular weight excluding hydrogens is 258 g/mol. The minimum absolute atomic E-state index is 0.430. The van der Waals surface area contributed by atoms with Gasteiger partial charge >= 0.3 is 0 Å². The predicted octanol–water partition coefficient (Wildman–Crippen LogP) is 4.28. The first-order valence-electron chi connectivity index (χ1n) is 8.18.